The molecule has 4 nitrogen and oxygen atoms in total. The van der Waals surface area contributed by atoms with Crippen LogP contribution in [0.4, 0.5) is 0 Å². The third kappa shape index (κ3) is 4.42. The Morgan fingerprint density at radius 1 is 1.33 bits per heavy atom. The van der Waals surface area contributed by atoms with Gasteiger partial charge >= 0.3 is 0 Å². The van der Waals surface area contributed by atoms with E-state index in [4.69, 9.17) is 4.42 Å². The molecule has 0 aromatic carbocycles. The number of hydrogen-bond acceptors (Lipinski definition) is 4. The zero-order chi connectivity index (χ0) is 13.9. The summed E-state index contributed by atoms with van der Waals surface area (Å²) in [5, 5.41) is 9.49. The predicted molar refractivity (Wildman–Crippen MR) is 72.4 cm³/mol. The maximum atomic E-state index is 9.49. The summed E-state index contributed by atoms with van der Waals surface area (Å²) >= 11 is 0. The maximum Gasteiger partial charge on any atom is 0.208 e. The lowest BCUT2D eigenvalue weighted by atomic mass is 9.94. The predicted octanol–water partition coefficient (Wildman–Crippen LogP) is 2.56. The lowest BCUT2D eigenvalue weighted by molar-refractivity contribution is 0.0954. The second kappa shape index (κ2) is 5.85. The van der Waals surface area contributed by atoms with Gasteiger partial charge in [0.05, 0.1) is 18.8 Å². The molecular formula is C14H26N2O2. The summed E-state index contributed by atoms with van der Waals surface area (Å²) in [5.74, 6) is 1.62. The molecule has 4 heteroatoms. The van der Waals surface area contributed by atoms with Gasteiger partial charge < -0.3 is 9.52 Å². The molecule has 0 saturated heterocycles. The molecule has 104 valence electrons. The molecule has 1 aromatic rings. The van der Waals surface area contributed by atoms with E-state index in [1.165, 1.54) is 0 Å². The molecule has 18 heavy (non-hydrogen) atoms. The van der Waals surface area contributed by atoms with Crippen LogP contribution < -0.4 is 0 Å². The molecule has 0 bridgehead atoms. The Hall–Kier alpha value is -0.870. The van der Waals surface area contributed by atoms with E-state index in [1.807, 2.05) is 0 Å². The average molecular weight is 254 g/mol. The van der Waals surface area contributed by atoms with Crippen LogP contribution in [0, 0.1) is 0 Å². The molecule has 0 spiro atoms. The molecule has 0 fully saturated rings. The van der Waals surface area contributed by atoms with Crippen molar-refractivity contribution in [2.45, 2.75) is 65.6 Å². The SMILES string of the molecule is CC(O)CN(Cc1ncc(C(C)(C)C)o1)C(C)C. The van der Waals surface area contributed by atoms with Gasteiger partial charge in [0.1, 0.15) is 5.76 Å². The lowest BCUT2D eigenvalue weighted by Crippen LogP contribution is -2.36. The quantitative estimate of drug-likeness (QED) is 0.877. The molecule has 0 amide bonds. The molecule has 1 heterocycles. The molecule has 0 radical (unpaired) electrons. The van der Waals surface area contributed by atoms with E-state index in [0.29, 0.717) is 25.0 Å². The highest BCUT2D eigenvalue weighted by Gasteiger charge is 2.21. The number of oxazole rings is 1. The molecule has 1 atom stereocenters. The van der Waals surface area contributed by atoms with Crippen molar-refractivity contribution in [3.8, 4) is 0 Å². The van der Waals surface area contributed by atoms with Crippen molar-refractivity contribution in [3.63, 3.8) is 0 Å². The van der Waals surface area contributed by atoms with E-state index >= 15 is 0 Å². The summed E-state index contributed by atoms with van der Waals surface area (Å²) in [6, 6.07) is 0.351. The monoisotopic (exact) mass is 254 g/mol. The molecule has 0 aliphatic carbocycles. The normalized spacial score (nSPS) is 14.5. The Morgan fingerprint density at radius 3 is 2.33 bits per heavy atom. The van der Waals surface area contributed by atoms with Crippen LogP contribution in [0.25, 0.3) is 0 Å². The molecule has 0 aliphatic rings. The zero-order valence-corrected chi connectivity index (χ0v) is 12.4. The Labute approximate surface area is 110 Å². The fraction of sp³-hybridized carbons (Fsp3) is 0.786. The zero-order valence-electron chi connectivity index (χ0n) is 12.4. The summed E-state index contributed by atoms with van der Waals surface area (Å²) in [5.41, 5.74) is -0.0157. The van der Waals surface area contributed by atoms with Crippen LogP contribution in [-0.2, 0) is 12.0 Å². The van der Waals surface area contributed by atoms with Gasteiger partial charge in [-0.3, -0.25) is 4.90 Å². The summed E-state index contributed by atoms with van der Waals surface area (Å²) in [6.07, 6.45) is 1.46. The first kappa shape index (κ1) is 15.2. The second-order valence-electron chi connectivity index (χ2n) is 6.24. The van der Waals surface area contributed by atoms with Gasteiger partial charge in [0.15, 0.2) is 0 Å². The molecular weight excluding hydrogens is 228 g/mol. The van der Waals surface area contributed by atoms with Crippen molar-refractivity contribution in [1.29, 1.82) is 0 Å². The van der Waals surface area contributed by atoms with Gasteiger partial charge in [-0.05, 0) is 20.8 Å². The Bertz CT molecular complexity index is 364. The summed E-state index contributed by atoms with van der Waals surface area (Å²) in [6.45, 7) is 13.6. The van der Waals surface area contributed by atoms with Crippen molar-refractivity contribution in [2.24, 2.45) is 0 Å². The summed E-state index contributed by atoms with van der Waals surface area (Å²) in [4.78, 5) is 6.48. The number of aliphatic hydroxyl groups excluding tert-OH is 1. The highest BCUT2D eigenvalue weighted by molar-refractivity contribution is 5.06. The Morgan fingerprint density at radius 2 is 1.94 bits per heavy atom. The van der Waals surface area contributed by atoms with Gasteiger partial charge in [-0.2, -0.15) is 0 Å². The van der Waals surface area contributed by atoms with E-state index in [2.05, 4.69) is 44.5 Å². The van der Waals surface area contributed by atoms with E-state index in [-0.39, 0.29) is 11.5 Å². The van der Waals surface area contributed by atoms with Gasteiger partial charge in [0, 0.05) is 18.0 Å². The average Bonchev–Trinajstić information content (AvgIpc) is 2.63. The number of rotatable bonds is 5. The minimum atomic E-state index is -0.343. The maximum absolute atomic E-state index is 9.49. The Kier molecular flexibility index (Phi) is 4.93. The van der Waals surface area contributed by atoms with Crippen LogP contribution in [-0.4, -0.2) is 33.7 Å². The van der Waals surface area contributed by atoms with Crippen LogP contribution in [0.5, 0.6) is 0 Å². The van der Waals surface area contributed by atoms with Crippen LogP contribution in [0.2, 0.25) is 0 Å². The minimum Gasteiger partial charge on any atom is -0.444 e. The molecule has 1 rings (SSSR count). The van der Waals surface area contributed by atoms with Gasteiger partial charge in [0.2, 0.25) is 5.89 Å². The van der Waals surface area contributed by atoms with E-state index in [0.717, 1.165) is 5.76 Å². The standard InChI is InChI=1S/C14H26N2O2/c1-10(2)16(8-11(3)17)9-13-15-7-12(18-13)14(4,5)6/h7,10-11,17H,8-9H2,1-6H3. The first-order chi connectivity index (χ1) is 8.20. The van der Waals surface area contributed by atoms with Crippen molar-refractivity contribution in [3.05, 3.63) is 17.8 Å². The van der Waals surface area contributed by atoms with Crippen LogP contribution >= 0.6 is 0 Å². The van der Waals surface area contributed by atoms with Crippen LogP contribution in [0.1, 0.15) is 53.2 Å². The van der Waals surface area contributed by atoms with Crippen molar-refractivity contribution in [2.75, 3.05) is 6.54 Å². The fourth-order valence-electron chi connectivity index (χ4n) is 1.70. The highest BCUT2D eigenvalue weighted by atomic mass is 16.4. The molecule has 0 aliphatic heterocycles. The third-order valence-corrected chi connectivity index (χ3v) is 2.86. The number of aliphatic hydroxyl groups is 1. The molecule has 1 unspecified atom stereocenters. The van der Waals surface area contributed by atoms with Gasteiger partial charge in [-0.25, -0.2) is 4.98 Å². The first-order valence-electron chi connectivity index (χ1n) is 6.57. The fourth-order valence-corrected chi connectivity index (χ4v) is 1.70. The molecule has 0 saturated carbocycles. The highest BCUT2D eigenvalue weighted by Crippen LogP contribution is 2.23. The van der Waals surface area contributed by atoms with Crippen LogP contribution in [0.3, 0.4) is 0 Å². The van der Waals surface area contributed by atoms with E-state index in [9.17, 15) is 5.11 Å². The number of aromatic nitrogens is 1. The molecule has 1 aromatic heterocycles. The van der Waals surface area contributed by atoms with Gasteiger partial charge in [0.25, 0.3) is 0 Å². The van der Waals surface area contributed by atoms with Crippen molar-refractivity contribution < 1.29 is 9.52 Å². The van der Waals surface area contributed by atoms with E-state index < -0.39 is 0 Å². The van der Waals surface area contributed by atoms with Gasteiger partial charge in [-0.1, -0.05) is 20.8 Å². The molecule has 1 N–H and O–H groups in total. The van der Waals surface area contributed by atoms with Crippen molar-refractivity contribution >= 4 is 0 Å². The minimum absolute atomic E-state index is 0.0157. The van der Waals surface area contributed by atoms with Crippen LogP contribution in [0.15, 0.2) is 10.6 Å². The topological polar surface area (TPSA) is 49.5 Å². The van der Waals surface area contributed by atoms with E-state index in [1.54, 1.807) is 13.1 Å². The third-order valence-electron chi connectivity index (χ3n) is 2.86. The number of nitrogens with zero attached hydrogens (tertiary/aromatic N) is 2. The second-order valence-corrected chi connectivity index (χ2v) is 6.24. The first-order valence-corrected chi connectivity index (χ1v) is 6.57. The lowest BCUT2D eigenvalue weighted by Gasteiger charge is -2.26. The smallest absolute Gasteiger partial charge is 0.208 e. The number of hydrogen-bond donors (Lipinski definition) is 1. The largest absolute Gasteiger partial charge is 0.444 e. The van der Waals surface area contributed by atoms with Gasteiger partial charge in [-0.15, -0.1) is 0 Å². The summed E-state index contributed by atoms with van der Waals surface area (Å²) in [7, 11) is 0. The van der Waals surface area contributed by atoms with Crippen molar-refractivity contribution in [1.82, 2.24) is 9.88 Å². The summed E-state index contributed by atoms with van der Waals surface area (Å²) < 4.78 is 5.78. The Balaban J connectivity index is 2.73.